The first-order valence-corrected chi connectivity index (χ1v) is 14.2. The number of benzene rings is 4. The Morgan fingerprint density at radius 2 is 1.05 bits per heavy atom. The molecule has 44 heavy (non-hydrogen) atoms. The van der Waals surface area contributed by atoms with Gasteiger partial charge in [-0.2, -0.15) is 0 Å². The van der Waals surface area contributed by atoms with Gasteiger partial charge in [0.15, 0.2) is 5.78 Å². The molecule has 0 saturated heterocycles. The number of hydrogen-bond donors (Lipinski definition) is 0. The summed E-state index contributed by atoms with van der Waals surface area (Å²) in [5, 5.41) is 12.3. The van der Waals surface area contributed by atoms with Crippen LogP contribution in [0.25, 0.3) is 44.3 Å². The summed E-state index contributed by atoms with van der Waals surface area (Å²) in [5.74, 6) is -0.375. The van der Waals surface area contributed by atoms with Crippen LogP contribution in [-0.2, 0) is 24.9 Å². The Kier molecular flexibility index (Phi) is 12.3. The average molecular weight is 756 g/mol. The van der Waals surface area contributed by atoms with Crippen LogP contribution in [-0.4, -0.2) is 15.8 Å². The number of aromatic nitrogens is 2. The fourth-order valence-corrected chi connectivity index (χ4v) is 4.79. The zero-order chi connectivity index (χ0) is 30.9. The topological polar surface area (TPSA) is 65.9 Å². The molecule has 4 aromatic carbocycles. The van der Waals surface area contributed by atoms with Crippen LogP contribution in [0, 0.1) is 39.8 Å². The predicted octanol–water partition coefficient (Wildman–Crippen LogP) is 8.47. The first kappa shape index (κ1) is 34.1. The number of ketones is 1. The Hall–Kier alpha value is -4.44. The number of pyridine rings is 2. The van der Waals surface area contributed by atoms with Crippen LogP contribution in [0.2, 0.25) is 0 Å². The van der Waals surface area contributed by atoms with E-state index in [2.05, 4.69) is 100 Å². The fourth-order valence-electron chi connectivity index (χ4n) is 4.79. The zero-order valence-electron chi connectivity index (χ0n) is 25.9. The average Bonchev–Trinajstić information content (AvgIpc) is 2.95. The van der Waals surface area contributed by atoms with E-state index in [4.69, 9.17) is 9.97 Å². The molecule has 0 fully saturated rings. The molecule has 0 aliphatic carbocycles. The summed E-state index contributed by atoms with van der Waals surface area (Å²) in [4.78, 5) is 19.4. The van der Waals surface area contributed by atoms with Crippen molar-refractivity contribution in [2.75, 3.05) is 0 Å². The van der Waals surface area contributed by atoms with Crippen LogP contribution in [0.5, 0.6) is 0 Å². The number of hydrogen-bond acceptors (Lipinski definition) is 4. The fraction of sp³-hybridized carbons (Fsp3) is 0.154. The molecule has 5 heteroatoms. The number of para-hydroxylation sites is 2. The summed E-state index contributed by atoms with van der Waals surface area (Å²) < 4.78 is 0. The summed E-state index contributed by atoms with van der Waals surface area (Å²) in [6, 6.07) is 40.0. The van der Waals surface area contributed by atoms with Crippen LogP contribution < -0.4 is 5.11 Å². The summed E-state index contributed by atoms with van der Waals surface area (Å²) in [6.45, 7) is 11.0. The van der Waals surface area contributed by atoms with Crippen molar-refractivity contribution in [2.24, 2.45) is 0 Å². The summed E-state index contributed by atoms with van der Waals surface area (Å²) in [5.41, 5.74) is 11.0. The minimum Gasteiger partial charge on any atom is -0.876 e. The second-order valence-electron chi connectivity index (χ2n) is 10.7. The van der Waals surface area contributed by atoms with Gasteiger partial charge in [-0.1, -0.05) is 95.3 Å². The Morgan fingerprint density at radius 1 is 0.636 bits per heavy atom. The Morgan fingerprint density at radius 3 is 1.39 bits per heavy atom. The largest absolute Gasteiger partial charge is 3.00 e. The standard InChI is InChI=1S/2C17H14N.C5H8O2.Ir/c2*1-12-9-13(2)11-15(10-12)17-8-7-14-5-3-4-6-16(14)18-17;1-4(6)3-5(2)7;/h2*3-10H,1-2H3;3,6H,1-2H3;/q2*-1;;+3/p-1. The second kappa shape index (κ2) is 15.9. The molecule has 6 aromatic rings. The maximum atomic E-state index is 9.98. The molecule has 0 N–H and O–H groups in total. The van der Waals surface area contributed by atoms with Crippen molar-refractivity contribution < 1.29 is 30.0 Å². The van der Waals surface area contributed by atoms with Gasteiger partial charge in [0, 0.05) is 0 Å². The van der Waals surface area contributed by atoms with Crippen LogP contribution in [0.3, 0.4) is 0 Å². The summed E-state index contributed by atoms with van der Waals surface area (Å²) in [7, 11) is 0. The molecule has 0 atom stereocenters. The number of aryl methyl sites for hydroxylation is 4. The maximum absolute atomic E-state index is 9.98. The SMILES string of the molecule is CC(=O)C=C(C)[O-].Cc1[c-]c(-c2ccc3ccccc3n2)cc(C)c1.Cc1[c-]c(-c2ccc3ccccc3n2)cc(C)c1.[Ir+3]. The van der Waals surface area contributed by atoms with Gasteiger partial charge in [0.25, 0.3) is 0 Å². The first-order chi connectivity index (χ1) is 20.6. The van der Waals surface area contributed by atoms with Crippen molar-refractivity contribution in [3.63, 3.8) is 0 Å². The maximum Gasteiger partial charge on any atom is 3.00 e. The van der Waals surface area contributed by atoms with Gasteiger partial charge in [0.2, 0.25) is 0 Å². The van der Waals surface area contributed by atoms with E-state index in [0.717, 1.165) is 50.8 Å². The molecule has 0 radical (unpaired) electrons. The Balaban J connectivity index is 0.000000196. The van der Waals surface area contributed by atoms with Crippen molar-refractivity contribution in [3.8, 4) is 22.5 Å². The molecule has 0 aliphatic heterocycles. The summed E-state index contributed by atoms with van der Waals surface area (Å²) in [6.07, 6.45) is 1.06. The second-order valence-corrected chi connectivity index (χ2v) is 10.7. The number of nitrogens with zero attached hydrogens (tertiary/aromatic N) is 2. The zero-order valence-corrected chi connectivity index (χ0v) is 28.3. The van der Waals surface area contributed by atoms with E-state index >= 15 is 0 Å². The molecular weight excluding hydrogens is 721 g/mol. The van der Waals surface area contributed by atoms with Crippen molar-refractivity contribution in [2.45, 2.75) is 41.5 Å². The monoisotopic (exact) mass is 756 g/mol. The van der Waals surface area contributed by atoms with E-state index in [1.807, 2.05) is 36.4 Å². The number of allylic oxidation sites excluding steroid dienone is 2. The van der Waals surface area contributed by atoms with Gasteiger partial charge in [-0.3, -0.25) is 14.8 Å². The van der Waals surface area contributed by atoms with Crippen LogP contribution in [0.15, 0.2) is 109 Å². The molecular formula is C39H35IrN2O2. The molecule has 2 aromatic heterocycles. The van der Waals surface area contributed by atoms with Crippen molar-refractivity contribution in [3.05, 3.63) is 143 Å². The normalized spacial score (nSPS) is 10.6. The van der Waals surface area contributed by atoms with Crippen molar-refractivity contribution in [1.29, 1.82) is 0 Å². The van der Waals surface area contributed by atoms with Gasteiger partial charge >= 0.3 is 20.1 Å². The van der Waals surface area contributed by atoms with E-state index in [9.17, 15) is 9.90 Å². The Labute approximate surface area is 273 Å². The van der Waals surface area contributed by atoms with Gasteiger partial charge in [-0.25, -0.2) is 0 Å². The predicted molar refractivity (Wildman–Crippen MR) is 175 cm³/mol. The molecule has 0 aliphatic rings. The van der Waals surface area contributed by atoms with E-state index in [1.54, 1.807) is 0 Å². The Bertz CT molecular complexity index is 1760. The summed E-state index contributed by atoms with van der Waals surface area (Å²) >= 11 is 0. The van der Waals surface area contributed by atoms with Crippen LogP contribution in [0.1, 0.15) is 36.1 Å². The van der Waals surface area contributed by atoms with E-state index in [-0.39, 0.29) is 31.6 Å². The van der Waals surface area contributed by atoms with Gasteiger partial charge in [-0.15, -0.1) is 75.5 Å². The minimum atomic E-state index is -0.187. The van der Waals surface area contributed by atoms with Crippen LogP contribution in [0.4, 0.5) is 0 Å². The molecule has 4 nitrogen and oxygen atoms in total. The van der Waals surface area contributed by atoms with Gasteiger partial charge in [0.1, 0.15) is 0 Å². The number of carbonyl (C=O) groups is 1. The van der Waals surface area contributed by atoms with Gasteiger partial charge in [-0.05, 0) is 47.3 Å². The van der Waals surface area contributed by atoms with Crippen LogP contribution >= 0.6 is 0 Å². The number of rotatable bonds is 3. The third kappa shape index (κ3) is 9.80. The minimum absolute atomic E-state index is 0. The molecule has 2 heterocycles. The van der Waals surface area contributed by atoms with E-state index < -0.39 is 0 Å². The number of carbonyl (C=O) groups excluding carboxylic acids is 1. The van der Waals surface area contributed by atoms with Gasteiger partial charge in [0.05, 0.1) is 11.0 Å². The van der Waals surface area contributed by atoms with E-state index in [0.29, 0.717) is 0 Å². The molecule has 0 unspecified atom stereocenters. The molecule has 6 rings (SSSR count). The third-order valence-corrected chi connectivity index (χ3v) is 6.45. The molecule has 222 valence electrons. The van der Waals surface area contributed by atoms with E-state index in [1.165, 1.54) is 35.7 Å². The third-order valence-electron chi connectivity index (χ3n) is 6.45. The quantitative estimate of drug-likeness (QED) is 0.103. The first-order valence-electron chi connectivity index (χ1n) is 14.2. The van der Waals surface area contributed by atoms with Crippen molar-refractivity contribution in [1.82, 2.24) is 9.97 Å². The van der Waals surface area contributed by atoms with Crippen molar-refractivity contribution >= 4 is 27.6 Å². The van der Waals surface area contributed by atoms with Gasteiger partial charge < -0.3 is 5.11 Å². The molecule has 0 saturated carbocycles. The number of fused-ring (bicyclic) bond motifs is 2. The smallest absolute Gasteiger partial charge is 0.876 e. The molecule has 0 bridgehead atoms. The molecule has 0 spiro atoms. The molecule has 0 amide bonds.